The summed E-state index contributed by atoms with van der Waals surface area (Å²) in [4.78, 5) is 35.8. The van der Waals surface area contributed by atoms with E-state index in [-0.39, 0.29) is 12.5 Å². The second-order valence-corrected chi connectivity index (χ2v) is 7.95. The van der Waals surface area contributed by atoms with Crippen molar-refractivity contribution < 1.29 is 29.3 Å². The molecule has 0 aromatic heterocycles. The van der Waals surface area contributed by atoms with E-state index in [1.165, 1.54) is 0 Å². The molecule has 0 heterocycles. The zero-order chi connectivity index (χ0) is 22.0. The fourth-order valence-electron chi connectivity index (χ4n) is 4.21. The monoisotopic (exact) mass is 424 g/mol. The zero-order valence-electron chi connectivity index (χ0n) is 16.8. The number of aliphatic hydroxyl groups is 1. The van der Waals surface area contributed by atoms with Crippen LogP contribution in [0.3, 0.4) is 0 Å². The predicted octanol–water partition coefficient (Wildman–Crippen LogP) is 2.01. The quantitative estimate of drug-likeness (QED) is 0.539. The Bertz CT molecular complexity index is 971. The minimum atomic E-state index is -1.70. The highest BCUT2D eigenvalue weighted by molar-refractivity contribution is 5.91. The fraction of sp³-hybridized carbons (Fsp3) is 0.348. The molecule has 162 valence electrons. The summed E-state index contributed by atoms with van der Waals surface area (Å²) in [6.07, 6.45) is -0.803. The van der Waals surface area contributed by atoms with Gasteiger partial charge in [0.15, 0.2) is 6.10 Å². The Morgan fingerprint density at radius 3 is 2.13 bits per heavy atom. The number of ether oxygens (including phenoxy) is 1. The normalized spacial score (nSPS) is 16.9. The van der Waals surface area contributed by atoms with Crippen LogP contribution in [0.5, 0.6) is 0 Å². The topological polar surface area (TPSA) is 125 Å². The SMILES string of the molecule is O=C(NC1(C(=O)NC[C@H](O)C(=O)O)CCC1)OCC1c2ccccc2-c2ccccc21. The molecule has 1 saturated carbocycles. The van der Waals surface area contributed by atoms with Crippen LogP contribution >= 0.6 is 0 Å². The fourth-order valence-corrected chi connectivity index (χ4v) is 4.21. The van der Waals surface area contributed by atoms with Crippen LogP contribution in [0.4, 0.5) is 4.79 Å². The predicted molar refractivity (Wildman–Crippen MR) is 111 cm³/mol. The van der Waals surface area contributed by atoms with E-state index in [1.54, 1.807) is 0 Å². The van der Waals surface area contributed by atoms with Crippen molar-refractivity contribution in [2.24, 2.45) is 0 Å². The Kier molecular flexibility index (Phi) is 5.65. The Morgan fingerprint density at radius 2 is 1.61 bits per heavy atom. The molecular weight excluding hydrogens is 400 g/mol. The van der Waals surface area contributed by atoms with Gasteiger partial charge in [-0.3, -0.25) is 4.79 Å². The molecule has 4 rings (SSSR count). The molecule has 0 radical (unpaired) electrons. The number of hydrogen-bond donors (Lipinski definition) is 4. The zero-order valence-corrected chi connectivity index (χ0v) is 16.8. The number of benzene rings is 2. The van der Waals surface area contributed by atoms with E-state index in [2.05, 4.69) is 10.6 Å². The van der Waals surface area contributed by atoms with Gasteiger partial charge in [0.05, 0.1) is 6.54 Å². The van der Waals surface area contributed by atoms with E-state index in [0.717, 1.165) is 28.7 Å². The number of alkyl carbamates (subject to hydrolysis) is 1. The van der Waals surface area contributed by atoms with Gasteiger partial charge in [0.2, 0.25) is 5.91 Å². The minimum absolute atomic E-state index is 0.0879. The first kappa shape index (κ1) is 20.9. The molecule has 1 fully saturated rings. The van der Waals surface area contributed by atoms with E-state index in [9.17, 15) is 19.5 Å². The van der Waals surface area contributed by atoms with Crippen molar-refractivity contribution in [1.82, 2.24) is 10.6 Å². The third-order valence-corrected chi connectivity index (χ3v) is 6.07. The Morgan fingerprint density at radius 1 is 1.03 bits per heavy atom. The van der Waals surface area contributed by atoms with Crippen molar-refractivity contribution in [3.05, 3.63) is 59.7 Å². The summed E-state index contributed by atoms with van der Waals surface area (Å²) in [7, 11) is 0. The van der Waals surface area contributed by atoms with Crippen LogP contribution in [0.25, 0.3) is 11.1 Å². The summed E-state index contributed by atoms with van der Waals surface area (Å²) >= 11 is 0. The van der Waals surface area contributed by atoms with Crippen LogP contribution in [-0.4, -0.2) is 53.0 Å². The minimum Gasteiger partial charge on any atom is -0.479 e. The number of nitrogens with one attached hydrogen (secondary N) is 2. The van der Waals surface area contributed by atoms with E-state index in [1.807, 2.05) is 48.5 Å². The molecule has 31 heavy (non-hydrogen) atoms. The number of carboxylic acid groups (broad SMARTS) is 1. The van der Waals surface area contributed by atoms with Crippen LogP contribution in [-0.2, 0) is 14.3 Å². The van der Waals surface area contributed by atoms with Crippen molar-refractivity contribution in [3.8, 4) is 11.1 Å². The molecule has 1 atom stereocenters. The summed E-state index contributed by atoms with van der Waals surface area (Å²) in [5.74, 6) is -2.03. The molecule has 2 amide bonds. The molecule has 0 saturated heterocycles. The first-order valence-corrected chi connectivity index (χ1v) is 10.2. The lowest BCUT2D eigenvalue weighted by molar-refractivity contribution is -0.146. The van der Waals surface area contributed by atoms with Crippen LogP contribution in [0, 0.1) is 0 Å². The van der Waals surface area contributed by atoms with Gasteiger partial charge in [-0.1, -0.05) is 48.5 Å². The highest BCUT2D eigenvalue weighted by atomic mass is 16.5. The third kappa shape index (κ3) is 3.98. The van der Waals surface area contributed by atoms with Crippen molar-refractivity contribution in [2.45, 2.75) is 36.8 Å². The number of aliphatic hydroxyl groups excluding tert-OH is 1. The molecule has 2 aromatic rings. The van der Waals surface area contributed by atoms with Gasteiger partial charge in [-0.15, -0.1) is 0 Å². The second-order valence-electron chi connectivity index (χ2n) is 7.95. The molecule has 0 spiro atoms. The van der Waals surface area contributed by atoms with Crippen molar-refractivity contribution in [1.29, 1.82) is 0 Å². The van der Waals surface area contributed by atoms with Crippen LogP contribution < -0.4 is 10.6 Å². The standard InChI is InChI=1S/C23H24N2O6/c26-19(20(27)28)12-24-21(29)23(10-5-11-23)25-22(30)31-13-18-16-8-3-1-6-14(16)15-7-2-4-9-17(15)18/h1-4,6-9,18-19,26H,5,10-13H2,(H,24,29)(H,25,30)(H,27,28)/t19-/m0/s1. The number of rotatable bonds is 7. The van der Waals surface area contributed by atoms with Crippen molar-refractivity contribution in [3.63, 3.8) is 0 Å². The first-order chi connectivity index (χ1) is 14.9. The Hall–Kier alpha value is -3.39. The molecule has 2 aliphatic rings. The highest BCUT2D eigenvalue weighted by Crippen LogP contribution is 2.44. The lowest BCUT2D eigenvalue weighted by Gasteiger charge is -2.40. The molecule has 0 aliphatic heterocycles. The van der Waals surface area contributed by atoms with Crippen molar-refractivity contribution >= 4 is 18.0 Å². The second kappa shape index (κ2) is 8.39. The number of amides is 2. The van der Waals surface area contributed by atoms with E-state index >= 15 is 0 Å². The Labute approximate surface area is 179 Å². The molecule has 0 bridgehead atoms. The first-order valence-electron chi connectivity index (χ1n) is 10.2. The summed E-state index contributed by atoms with van der Waals surface area (Å²) in [5, 5.41) is 23.1. The van der Waals surface area contributed by atoms with Gasteiger partial charge in [-0.05, 0) is 41.5 Å². The summed E-state index contributed by atoms with van der Waals surface area (Å²) in [6.45, 7) is -0.294. The summed E-state index contributed by atoms with van der Waals surface area (Å²) < 4.78 is 5.51. The Balaban J connectivity index is 1.39. The lowest BCUT2D eigenvalue weighted by Crippen LogP contribution is -2.63. The maximum absolute atomic E-state index is 12.5. The van der Waals surface area contributed by atoms with Gasteiger partial charge in [0.25, 0.3) is 0 Å². The summed E-state index contributed by atoms with van der Waals surface area (Å²) in [6, 6.07) is 16.0. The van der Waals surface area contributed by atoms with E-state index < -0.39 is 36.2 Å². The maximum Gasteiger partial charge on any atom is 0.408 e. The molecule has 0 unspecified atom stereocenters. The van der Waals surface area contributed by atoms with Gasteiger partial charge in [0, 0.05) is 5.92 Å². The number of fused-ring (bicyclic) bond motifs is 3. The molecule has 2 aliphatic carbocycles. The molecule has 8 heteroatoms. The molecule has 8 nitrogen and oxygen atoms in total. The molecular formula is C23H24N2O6. The lowest BCUT2D eigenvalue weighted by atomic mass is 9.76. The number of carbonyl (C=O) groups excluding carboxylic acids is 2. The number of carboxylic acids is 1. The van der Waals surface area contributed by atoms with Gasteiger partial charge < -0.3 is 25.6 Å². The van der Waals surface area contributed by atoms with Gasteiger partial charge in [-0.2, -0.15) is 0 Å². The van der Waals surface area contributed by atoms with Crippen LogP contribution in [0.2, 0.25) is 0 Å². The summed E-state index contributed by atoms with van der Waals surface area (Å²) in [5.41, 5.74) is 3.30. The molecule has 2 aromatic carbocycles. The number of carbonyl (C=O) groups is 3. The average Bonchev–Trinajstić information content (AvgIpc) is 3.06. The van der Waals surface area contributed by atoms with E-state index in [0.29, 0.717) is 12.8 Å². The van der Waals surface area contributed by atoms with Crippen molar-refractivity contribution in [2.75, 3.05) is 13.2 Å². The third-order valence-electron chi connectivity index (χ3n) is 6.07. The molecule has 4 N–H and O–H groups in total. The largest absolute Gasteiger partial charge is 0.479 e. The smallest absolute Gasteiger partial charge is 0.408 e. The average molecular weight is 424 g/mol. The van der Waals surface area contributed by atoms with Crippen LogP contribution in [0.1, 0.15) is 36.3 Å². The van der Waals surface area contributed by atoms with E-state index in [4.69, 9.17) is 9.84 Å². The van der Waals surface area contributed by atoms with Crippen LogP contribution in [0.15, 0.2) is 48.5 Å². The van der Waals surface area contributed by atoms with Gasteiger partial charge in [0.1, 0.15) is 12.1 Å². The maximum atomic E-state index is 12.5. The highest BCUT2D eigenvalue weighted by Gasteiger charge is 2.46. The van der Waals surface area contributed by atoms with Gasteiger partial charge >= 0.3 is 12.1 Å². The number of hydrogen-bond acceptors (Lipinski definition) is 5. The number of aliphatic carboxylic acids is 1. The van der Waals surface area contributed by atoms with Gasteiger partial charge in [-0.25, -0.2) is 9.59 Å².